The highest BCUT2D eigenvalue weighted by Crippen LogP contribution is 2.41. The minimum absolute atomic E-state index is 0.0624. The van der Waals surface area contributed by atoms with Crippen LogP contribution >= 0.6 is 34.8 Å². The summed E-state index contributed by atoms with van der Waals surface area (Å²) in [4.78, 5) is 25.3. The highest BCUT2D eigenvalue weighted by atomic mass is 35.5. The number of hydrogen-bond donors (Lipinski definition) is 3. The second-order valence-electron chi connectivity index (χ2n) is 8.89. The van der Waals surface area contributed by atoms with E-state index >= 15 is 0 Å². The van der Waals surface area contributed by atoms with Gasteiger partial charge in [-0.3, -0.25) is 9.59 Å². The van der Waals surface area contributed by atoms with Gasteiger partial charge in [-0.2, -0.15) is 0 Å². The van der Waals surface area contributed by atoms with Crippen molar-refractivity contribution >= 4 is 62.1 Å². The number of nitrogens with one attached hydrogen (secondary N) is 2. The third kappa shape index (κ3) is 5.94. The lowest BCUT2D eigenvalue weighted by Crippen LogP contribution is -2.47. The molecule has 0 spiro atoms. The number of halogens is 3. The Hall–Kier alpha value is -2.62. The molecule has 37 heavy (non-hydrogen) atoms. The molecule has 0 radical (unpaired) electrons. The topological polar surface area (TPSA) is 118 Å². The van der Waals surface area contributed by atoms with E-state index in [2.05, 4.69) is 10.6 Å². The molecule has 11 heteroatoms. The maximum atomic E-state index is 13.8. The lowest BCUT2D eigenvalue weighted by atomic mass is 9.87. The number of anilines is 1. The highest BCUT2D eigenvalue weighted by Gasteiger charge is 2.38. The van der Waals surface area contributed by atoms with Crippen molar-refractivity contribution in [3.63, 3.8) is 0 Å². The summed E-state index contributed by atoms with van der Waals surface area (Å²) >= 11 is 18.4. The maximum Gasteiger partial charge on any atom is 0.258 e. The van der Waals surface area contributed by atoms with Crippen LogP contribution in [0.4, 0.5) is 5.69 Å². The van der Waals surface area contributed by atoms with Gasteiger partial charge in [0, 0.05) is 16.8 Å². The van der Waals surface area contributed by atoms with Crippen molar-refractivity contribution in [1.82, 2.24) is 5.32 Å². The molecule has 3 aromatic carbocycles. The maximum absolute atomic E-state index is 13.8. The zero-order valence-corrected chi connectivity index (χ0v) is 22.8. The van der Waals surface area contributed by atoms with Gasteiger partial charge in [0.05, 0.1) is 31.8 Å². The first-order valence-corrected chi connectivity index (χ1v) is 14.1. The predicted octanol–water partition coefficient (Wildman–Crippen LogP) is 5.19. The molecule has 3 unspecified atom stereocenters. The van der Waals surface area contributed by atoms with E-state index in [0.717, 1.165) is 5.56 Å². The largest absolute Gasteiger partial charge is 0.352 e. The molecule has 0 heterocycles. The average Bonchev–Trinajstić information content (AvgIpc) is 2.83. The van der Waals surface area contributed by atoms with Crippen LogP contribution < -0.4 is 16.4 Å². The Kier molecular flexibility index (Phi) is 8.16. The molecule has 3 aromatic rings. The van der Waals surface area contributed by atoms with Crippen molar-refractivity contribution in [2.24, 2.45) is 5.73 Å². The molecule has 1 aliphatic rings. The fourth-order valence-corrected chi connectivity index (χ4v) is 7.10. The zero-order chi connectivity index (χ0) is 26.9. The van der Waals surface area contributed by atoms with Crippen molar-refractivity contribution in [3.05, 3.63) is 92.4 Å². The van der Waals surface area contributed by atoms with Crippen LogP contribution in [-0.4, -0.2) is 32.3 Å². The number of hydrogen-bond acceptors (Lipinski definition) is 5. The van der Waals surface area contributed by atoms with Gasteiger partial charge >= 0.3 is 0 Å². The molecule has 2 amide bonds. The number of nitrogens with two attached hydrogens (primary N) is 1. The molecule has 0 saturated heterocycles. The van der Waals surface area contributed by atoms with Crippen LogP contribution in [0.25, 0.3) is 0 Å². The summed E-state index contributed by atoms with van der Waals surface area (Å²) in [5.41, 5.74) is 7.45. The summed E-state index contributed by atoms with van der Waals surface area (Å²) in [6.07, 6.45) is 0.522. The van der Waals surface area contributed by atoms with E-state index in [9.17, 15) is 18.0 Å². The summed E-state index contributed by atoms with van der Waals surface area (Å²) in [5.74, 6) is -0.893. The number of rotatable bonds is 6. The highest BCUT2D eigenvalue weighted by molar-refractivity contribution is 7.91. The Bertz CT molecular complexity index is 1460. The van der Waals surface area contributed by atoms with E-state index in [1.54, 1.807) is 55.5 Å². The molecule has 7 nitrogen and oxygen atoms in total. The van der Waals surface area contributed by atoms with Crippen LogP contribution in [0.5, 0.6) is 0 Å². The van der Waals surface area contributed by atoms with Gasteiger partial charge in [0.25, 0.3) is 5.91 Å². The van der Waals surface area contributed by atoms with Gasteiger partial charge in [-0.25, -0.2) is 8.42 Å². The second kappa shape index (κ2) is 11.0. The molecular formula is C26H24Cl3N3O4S. The predicted molar refractivity (Wildman–Crippen MR) is 146 cm³/mol. The molecule has 4 rings (SSSR count). The Morgan fingerprint density at radius 2 is 1.68 bits per heavy atom. The molecule has 0 saturated carbocycles. The first-order chi connectivity index (χ1) is 17.5. The van der Waals surface area contributed by atoms with E-state index < -0.39 is 33.1 Å². The smallest absolute Gasteiger partial charge is 0.258 e. The van der Waals surface area contributed by atoms with Crippen LogP contribution in [0.1, 0.15) is 40.1 Å². The molecule has 1 aliphatic carbocycles. The number of benzene rings is 3. The van der Waals surface area contributed by atoms with Crippen molar-refractivity contribution in [2.75, 3.05) is 5.32 Å². The standard InChI is InChI=1S/C26H24Cl3N3O4S/c1-14(30)25(33)32-18-10-15-8-9-17(31-26(34)24-21(28)6-3-7-22(24)29)12-20(15)23(13-18)37(35,36)19-5-2-4-16(27)11-19/h2-9,11-12,14,18,23H,10,13,30H2,1H3,(H,31,34)(H,32,33). The van der Waals surface area contributed by atoms with Crippen LogP contribution in [0.15, 0.2) is 65.6 Å². The first kappa shape index (κ1) is 27.4. The van der Waals surface area contributed by atoms with Gasteiger partial charge in [-0.15, -0.1) is 0 Å². The molecule has 194 valence electrons. The zero-order valence-electron chi connectivity index (χ0n) is 19.7. The normalized spacial score (nSPS) is 18.0. The van der Waals surface area contributed by atoms with Gasteiger partial charge in [-0.1, -0.05) is 53.0 Å². The number of amides is 2. The fourth-order valence-electron chi connectivity index (χ4n) is 4.35. The lowest BCUT2D eigenvalue weighted by Gasteiger charge is -2.32. The summed E-state index contributed by atoms with van der Waals surface area (Å²) < 4.78 is 27.6. The van der Waals surface area contributed by atoms with E-state index in [4.69, 9.17) is 40.5 Å². The first-order valence-electron chi connectivity index (χ1n) is 11.4. The van der Waals surface area contributed by atoms with Gasteiger partial charge in [0.15, 0.2) is 9.84 Å². The second-order valence-corrected chi connectivity index (χ2v) is 12.3. The molecule has 0 aromatic heterocycles. The average molecular weight is 581 g/mol. The van der Waals surface area contributed by atoms with Crippen molar-refractivity contribution in [3.8, 4) is 0 Å². The number of fused-ring (bicyclic) bond motifs is 1. The van der Waals surface area contributed by atoms with E-state index in [-0.39, 0.29) is 37.9 Å². The summed E-state index contributed by atoms with van der Waals surface area (Å²) in [6.45, 7) is 1.56. The molecule has 0 fully saturated rings. The molecule has 0 bridgehead atoms. The monoisotopic (exact) mass is 579 g/mol. The van der Waals surface area contributed by atoms with Crippen molar-refractivity contribution in [2.45, 2.75) is 42.0 Å². The Labute approximate surface area is 230 Å². The van der Waals surface area contributed by atoms with Crippen molar-refractivity contribution in [1.29, 1.82) is 0 Å². The number of carbonyl (C=O) groups excluding carboxylic acids is 2. The third-order valence-corrected chi connectivity index (χ3v) is 9.14. The van der Waals surface area contributed by atoms with Gasteiger partial charge in [-0.05, 0) is 73.4 Å². The molecule has 0 aliphatic heterocycles. The van der Waals surface area contributed by atoms with E-state index in [0.29, 0.717) is 17.7 Å². The van der Waals surface area contributed by atoms with Crippen LogP contribution in [0.3, 0.4) is 0 Å². The molecular weight excluding hydrogens is 557 g/mol. The van der Waals surface area contributed by atoms with Crippen molar-refractivity contribution < 1.29 is 18.0 Å². The third-order valence-electron chi connectivity index (χ3n) is 6.16. The van der Waals surface area contributed by atoms with Gasteiger partial charge < -0.3 is 16.4 Å². The van der Waals surface area contributed by atoms with Gasteiger partial charge in [0.1, 0.15) is 0 Å². The molecule has 3 atom stereocenters. The Morgan fingerprint density at radius 1 is 1.00 bits per heavy atom. The minimum Gasteiger partial charge on any atom is -0.352 e. The minimum atomic E-state index is -3.92. The quantitative estimate of drug-likeness (QED) is 0.371. The number of sulfone groups is 1. The Morgan fingerprint density at radius 3 is 2.32 bits per heavy atom. The van der Waals surface area contributed by atoms with E-state index in [1.165, 1.54) is 12.1 Å². The summed E-state index contributed by atoms with van der Waals surface area (Å²) in [7, 11) is -3.92. The van der Waals surface area contributed by atoms with Gasteiger partial charge in [0.2, 0.25) is 5.91 Å². The van der Waals surface area contributed by atoms with Crippen LogP contribution in [0.2, 0.25) is 15.1 Å². The van der Waals surface area contributed by atoms with Crippen LogP contribution in [-0.2, 0) is 21.1 Å². The lowest BCUT2D eigenvalue weighted by molar-refractivity contribution is -0.122. The molecule has 4 N–H and O–H groups in total. The Balaban J connectivity index is 1.73. The van der Waals surface area contributed by atoms with Crippen LogP contribution in [0, 0.1) is 0 Å². The van der Waals surface area contributed by atoms with E-state index in [1.807, 2.05) is 0 Å². The SMILES string of the molecule is CC(N)C(=O)NC1Cc2ccc(NC(=O)c3c(Cl)cccc3Cl)cc2C(S(=O)(=O)c2cccc(Cl)c2)C1. The fraction of sp³-hybridized carbons (Fsp3) is 0.231. The summed E-state index contributed by atoms with van der Waals surface area (Å²) in [5, 5.41) is 5.28. The summed E-state index contributed by atoms with van der Waals surface area (Å²) in [6, 6.07) is 14.6. The number of carbonyl (C=O) groups is 2.